The molecule has 0 aromatic heterocycles. The van der Waals surface area contributed by atoms with Gasteiger partial charge in [0.1, 0.15) is 13.2 Å². The minimum atomic E-state index is -0.903. The van der Waals surface area contributed by atoms with E-state index >= 15 is 0 Å². The molecule has 0 amide bonds. The molecule has 5 heteroatoms. The second-order valence-electron chi connectivity index (χ2n) is 5.12. The van der Waals surface area contributed by atoms with Crippen LogP contribution in [0, 0.1) is 5.92 Å². The molecule has 0 spiro atoms. The van der Waals surface area contributed by atoms with Gasteiger partial charge in [0.05, 0.1) is 19.1 Å². The van der Waals surface area contributed by atoms with Gasteiger partial charge in [-0.15, -0.1) is 0 Å². The highest BCUT2D eigenvalue weighted by Gasteiger charge is 2.29. The largest absolute Gasteiger partial charge is 0.486 e. The number of carbonyl (C=O) groups is 1. The first kappa shape index (κ1) is 15.6. The molecular weight excluding hydrogens is 272 g/mol. The molecule has 2 atom stereocenters. The predicted molar refractivity (Wildman–Crippen MR) is 77.4 cm³/mol. The van der Waals surface area contributed by atoms with Crippen LogP contribution in [0.5, 0.6) is 11.5 Å². The van der Waals surface area contributed by atoms with Gasteiger partial charge in [0.25, 0.3) is 0 Å². The Hall–Kier alpha value is -1.75. The quantitative estimate of drug-likeness (QED) is 0.816. The number of fused-ring (bicyclic) bond motifs is 1. The average molecular weight is 294 g/mol. The number of ether oxygens (including phenoxy) is 3. The fourth-order valence-electron chi connectivity index (χ4n) is 2.46. The fourth-order valence-corrected chi connectivity index (χ4v) is 2.46. The van der Waals surface area contributed by atoms with Gasteiger partial charge in [0.15, 0.2) is 11.5 Å². The molecule has 0 bridgehead atoms. The molecule has 1 aromatic carbocycles. The summed E-state index contributed by atoms with van der Waals surface area (Å²) < 4.78 is 15.8. The van der Waals surface area contributed by atoms with Crippen LogP contribution in [0.25, 0.3) is 0 Å². The molecule has 21 heavy (non-hydrogen) atoms. The second kappa shape index (κ2) is 7.31. The summed E-state index contributed by atoms with van der Waals surface area (Å²) in [6.07, 6.45) is 1.52. The number of methoxy groups -OCH3 is 1. The molecule has 1 aliphatic rings. The van der Waals surface area contributed by atoms with Crippen molar-refractivity contribution in [2.24, 2.45) is 5.92 Å². The smallest absolute Gasteiger partial charge is 0.311 e. The predicted octanol–water partition coefficient (Wildman–Crippen LogP) is 2.47. The van der Waals surface area contributed by atoms with Gasteiger partial charge < -0.3 is 19.3 Å². The number of unbranched alkanes of at least 4 members (excludes halogenated alkanes) is 1. The van der Waals surface area contributed by atoms with E-state index in [1.165, 1.54) is 7.11 Å². The zero-order valence-electron chi connectivity index (χ0n) is 12.5. The van der Waals surface area contributed by atoms with E-state index in [0.717, 1.165) is 12.8 Å². The average Bonchev–Trinajstić information content (AvgIpc) is 2.54. The Morgan fingerprint density at radius 1 is 1.33 bits per heavy atom. The summed E-state index contributed by atoms with van der Waals surface area (Å²) in [5.74, 6) is 0.334. The van der Waals surface area contributed by atoms with Crippen LogP contribution in [-0.2, 0) is 9.53 Å². The molecule has 0 fully saturated rings. The van der Waals surface area contributed by atoms with Crippen LogP contribution in [0.3, 0.4) is 0 Å². The van der Waals surface area contributed by atoms with E-state index in [-0.39, 0.29) is 5.97 Å². The van der Waals surface area contributed by atoms with Gasteiger partial charge in [-0.25, -0.2) is 0 Å². The van der Waals surface area contributed by atoms with Crippen LogP contribution in [0.1, 0.15) is 37.9 Å². The van der Waals surface area contributed by atoms with E-state index in [4.69, 9.17) is 14.2 Å². The summed E-state index contributed by atoms with van der Waals surface area (Å²) in [4.78, 5) is 11.9. The molecule has 1 heterocycles. The van der Waals surface area contributed by atoms with Crippen molar-refractivity contribution in [3.8, 4) is 11.5 Å². The van der Waals surface area contributed by atoms with Gasteiger partial charge in [-0.3, -0.25) is 4.79 Å². The summed E-state index contributed by atoms with van der Waals surface area (Å²) >= 11 is 0. The summed E-state index contributed by atoms with van der Waals surface area (Å²) in [5.41, 5.74) is 0.644. The molecule has 1 aliphatic heterocycles. The van der Waals surface area contributed by atoms with Crippen molar-refractivity contribution in [2.45, 2.75) is 32.3 Å². The maximum Gasteiger partial charge on any atom is 0.311 e. The van der Waals surface area contributed by atoms with Crippen molar-refractivity contribution in [2.75, 3.05) is 20.3 Å². The number of hydrogen-bond donors (Lipinski definition) is 1. The first-order chi connectivity index (χ1) is 10.2. The Bertz CT molecular complexity index is 486. The molecule has 1 aromatic rings. The van der Waals surface area contributed by atoms with Gasteiger partial charge in [0.2, 0.25) is 0 Å². The van der Waals surface area contributed by atoms with Gasteiger partial charge in [-0.2, -0.15) is 0 Å². The standard InChI is InChI=1S/C16H22O5/c1-3-4-5-12(16(18)19-2)15(17)11-6-7-13-14(10-11)21-9-8-20-13/h6-7,10,12,15,17H,3-5,8-9H2,1-2H3. The minimum Gasteiger partial charge on any atom is -0.486 e. The van der Waals surface area contributed by atoms with E-state index in [9.17, 15) is 9.90 Å². The molecule has 0 saturated heterocycles. The molecule has 1 N–H and O–H groups in total. The van der Waals surface area contributed by atoms with E-state index in [0.29, 0.717) is 36.7 Å². The van der Waals surface area contributed by atoms with Crippen molar-refractivity contribution in [3.63, 3.8) is 0 Å². The number of carbonyl (C=O) groups excluding carboxylic acids is 1. The van der Waals surface area contributed by atoms with Crippen LogP contribution in [0.15, 0.2) is 18.2 Å². The van der Waals surface area contributed by atoms with Gasteiger partial charge in [-0.05, 0) is 24.1 Å². The summed E-state index contributed by atoms with van der Waals surface area (Å²) in [6, 6.07) is 5.27. The number of aliphatic hydroxyl groups is 1. The van der Waals surface area contributed by atoms with Crippen LogP contribution < -0.4 is 9.47 Å². The Morgan fingerprint density at radius 2 is 2.05 bits per heavy atom. The highest BCUT2D eigenvalue weighted by Crippen LogP contribution is 2.35. The highest BCUT2D eigenvalue weighted by atomic mass is 16.6. The number of rotatable bonds is 6. The SMILES string of the molecule is CCCCC(C(=O)OC)C(O)c1ccc2c(c1)OCCO2. The number of aliphatic hydroxyl groups excluding tert-OH is 1. The van der Waals surface area contributed by atoms with Crippen LogP contribution >= 0.6 is 0 Å². The van der Waals surface area contributed by atoms with Crippen LogP contribution in [0.2, 0.25) is 0 Å². The minimum absolute atomic E-state index is 0.383. The van der Waals surface area contributed by atoms with Crippen molar-refractivity contribution in [1.29, 1.82) is 0 Å². The third-order valence-corrected chi connectivity index (χ3v) is 3.66. The summed E-state index contributed by atoms with van der Waals surface area (Å²) in [6.45, 7) is 3.06. The van der Waals surface area contributed by atoms with Gasteiger partial charge in [0, 0.05) is 0 Å². The molecular formula is C16H22O5. The first-order valence-corrected chi connectivity index (χ1v) is 7.32. The van der Waals surface area contributed by atoms with E-state index in [1.54, 1.807) is 18.2 Å². The van der Waals surface area contributed by atoms with Gasteiger partial charge in [-0.1, -0.05) is 25.8 Å². The number of benzene rings is 1. The fraction of sp³-hybridized carbons (Fsp3) is 0.562. The molecule has 2 unspecified atom stereocenters. The highest BCUT2D eigenvalue weighted by molar-refractivity contribution is 5.73. The van der Waals surface area contributed by atoms with E-state index in [1.807, 2.05) is 6.92 Å². The Kier molecular flexibility index (Phi) is 5.44. The number of hydrogen-bond acceptors (Lipinski definition) is 5. The third kappa shape index (κ3) is 3.67. The lowest BCUT2D eigenvalue weighted by Gasteiger charge is -2.23. The van der Waals surface area contributed by atoms with Gasteiger partial charge >= 0.3 is 5.97 Å². The normalized spacial score (nSPS) is 16.1. The zero-order valence-corrected chi connectivity index (χ0v) is 12.5. The maximum absolute atomic E-state index is 11.9. The molecule has 116 valence electrons. The van der Waals surface area contributed by atoms with E-state index in [2.05, 4.69) is 0 Å². The van der Waals surface area contributed by atoms with Crippen LogP contribution in [-0.4, -0.2) is 31.4 Å². The first-order valence-electron chi connectivity index (χ1n) is 7.32. The molecule has 0 saturated carbocycles. The topological polar surface area (TPSA) is 65.0 Å². The molecule has 0 aliphatic carbocycles. The van der Waals surface area contributed by atoms with E-state index < -0.39 is 12.0 Å². The van der Waals surface area contributed by atoms with Crippen LogP contribution in [0.4, 0.5) is 0 Å². The maximum atomic E-state index is 11.9. The number of esters is 1. The monoisotopic (exact) mass is 294 g/mol. The van der Waals surface area contributed by atoms with Crippen molar-refractivity contribution < 1.29 is 24.1 Å². The zero-order chi connectivity index (χ0) is 15.2. The molecule has 5 nitrogen and oxygen atoms in total. The van der Waals surface area contributed by atoms with Crippen molar-refractivity contribution in [3.05, 3.63) is 23.8 Å². The second-order valence-corrected chi connectivity index (χ2v) is 5.12. The Morgan fingerprint density at radius 3 is 2.71 bits per heavy atom. The molecule has 2 rings (SSSR count). The lowest BCUT2D eigenvalue weighted by Crippen LogP contribution is -2.24. The summed E-state index contributed by atoms with van der Waals surface area (Å²) in [7, 11) is 1.35. The Labute approximate surface area is 124 Å². The summed E-state index contributed by atoms with van der Waals surface area (Å²) in [5, 5.41) is 10.5. The van der Waals surface area contributed by atoms with Crippen molar-refractivity contribution in [1.82, 2.24) is 0 Å². The lowest BCUT2D eigenvalue weighted by atomic mass is 9.91. The lowest BCUT2D eigenvalue weighted by molar-refractivity contribution is -0.150. The molecule has 0 radical (unpaired) electrons. The third-order valence-electron chi connectivity index (χ3n) is 3.66. The van der Waals surface area contributed by atoms with Crippen molar-refractivity contribution >= 4 is 5.97 Å². The Balaban J connectivity index is 2.19.